The maximum absolute atomic E-state index is 11.9. The third-order valence-corrected chi connectivity index (χ3v) is 4.00. The molecule has 1 amide bonds. The first kappa shape index (κ1) is 16.6. The molecule has 128 valence electrons. The van der Waals surface area contributed by atoms with Gasteiger partial charge in [0.25, 0.3) is 0 Å². The zero-order valence-electron chi connectivity index (χ0n) is 14.0. The van der Waals surface area contributed by atoms with Crippen LogP contribution in [0.4, 0.5) is 0 Å². The molecule has 7 nitrogen and oxygen atoms in total. The molecule has 0 radical (unpaired) electrons. The number of fused-ring (bicyclic) bond motifs is 1. The first-order valence-electron chi connectivity index (χ1n) is 7.95. The van der Waals surface area contributed by atoms with E-state index in [4.69, 9.17) is 0 Å². The first-order valence-corrected chi connectivity index (χ1v) is 7.95. The molecule has 25 heavy (non-hydrogen) atoms. The summed E-state index contributed by atoms with van der Waals surface area (Å²) >= 11 is 0. The number of aromatic nitrogens is 3. The molecule has 0 atom stereocenters. The molecule has 1 N–H and O–H groups in total. The van der Waals surface area contributed by atoms with Gasteiger partial charge in [0.05, 0.1) is 11.9 Å². The molecule has 0 saturated heterocycles. The minimum atomic E-state index is -1.07. The highest BCUT2D eigenvalue weighted by Gasteiger charge is 2.17. The molecule has 2 heterocycles. The second-order valence-corrected chi connectivity index (χ2v) is 5.56. The van der Waals surface area contributed by atoms with Gasteiger partial charge < -0.3 is 10.0 Å². The maximum atomic E-state index is 11.9. The summed E-state index contributed by atoms with van der Waals surface area (Å²) in [5.74, 6) is -1.10. The van der Waals surface area contributed by atoms with Gasteiger partial charge in [-0.2, -0.15) is 5.10 Å². The molecule has 0 spiro atoms. The largest absolute Gasteiger partial charge is 0.477 e. The van der Waals surface area contributed by atoms with Gasteiger partial charge in [-0.05, 0) is 25.5 Å². The number of carboxylic acids is 1. The molecule has 3 rings (SSSR count). The zero-order chi connectivity index (χ0) is 18.0. The number of carbonyl (C=O) groups is 2. The highest BCUT2D eigenvalue weighted by molar-refractivity contribution is 5.94. The number of hydrogen-bond donors (Lipinski definition) is 1. The van der Waals surface area contributed by atoms with Crippen LogP contribution < -0.4 is 0 Å². The molecule has 7 heteroatoms. The fraction of sp³-hybridized carbons (Fsp3) is 0.222. The summed E-state index contributed by atoms with van der Waals surface area (Å²) in [5.41, 5.74) is 2.69. The van der Waals surface area contributed by atoms with Crippen molar-refractivity contribution in [2.75, 3.05) is 6.54 Å². The molecule has 0 aromatic carbocycles. The van der Waals surface area contributed by atoms with Gasteiger partial charge in [-0.3, -0.25) is 4.79 Å². The summed E-state index contributed by atoms with van der Waals surface area (Å²) < 4.78 is 1.51. The minimum Gasteiger partial charge on any atom is -0.477 e. The molecule has 2 aromatic rings. The van der Waals surface area contributed by atoms with E-state index in [-0.39, 0.29) is 17.1 Å². The Labute approximate surface area is 144 Å². The topological polar surface area (TPSA) is 87.8 Å². The number of carbonyl (C=O) groups excluding carboxylic acids is 1. The third kappa shape index (κ3) is 3.08. The van der Waals surface area contributed by atoms with E-state index >= 15 is 0 Å². The van der Waals surface area contributed by atoms with E-state index in [9.17, 15) is 14.7 Å². The van der Waals surface area contributed by atoms with Crippen LogP contribution in [0.2, 0.25) is 0 Å². The Morgan fingerprint density at radius 1 is 1.40 bits per heavy atom. The summed E-state index contributed by atoms with van der Waals surface area (Å²) in [4.78, 5) is 29.0. The molecule has 0 aliphatic heterocycles. The van der Waals surface area contributed by atoms with Crippen LogP contribution in [0.3, 0.4) is 0 Å². The standard InChI is InChI=1S/C18H18N4O3/c1-3-21(12(2)23)14-7-5-4-6-13(10-14)16-8-9-19-17-15(18(24)25)11-20-22(16)17/h4,6-11H,3,5H2,1-2H3,(H,24,25). The first-order chi connectivity index (χ1) is 12.0. The van der Waals surface area contributed by atoms with E-state index in [2.05, 4.69) is 10.1 Å². The van der Waals surface area contributed by atoms with E-state index in [1.165, 1.54) is 17.6 Å². The van der Waals surface area contributed by atoms with Crippen LogP contribution in [0.25, 0.3) is 11.2 Å². The van der Waals surface area contributed by atoms with Gasteiger partial charge in [0, 0.05) is 30.9 Å². The predicted octanol–water partition coefficient (Wildman–Crippen LogP) is 2.52. The summed E-state index contributed by atoms with van der Waals surface area (Å²) in [6.07, 6.45) is 11.4. The van der Waals surface area contributed by atoms with Crippen molar-refractivity contribution in [3.8, 4) is 0 Å². The Hall–Kier alpha value is -3.22. The Balaban J connectivity index is 2.13. The fourth-order valence-corrected chi connectivity index (χ4v) is 2.85. The average molecular weight is 338 g/mol. The number of amides is 1. The van der Waals surface area contributed by atoms with Crippen molar-refractivity contribution < 1.29 is 14.7 Å². The number of nitrogens with zero attached hydrogens (tertiary/aromatic N) is 4. The lowest BCUT2D eigenvalue weighted by atomic mass is 10.1. The highest BCUT2D eigenvalue weighted by Crippen LogP contribution is 2.24. The lowest BCUT2D eigenvalue weighted by molar-refractivity contribution is -0.126. The van der Waals surface area contributed by atoms with Crippen LogP contribution in [-0.4, -0.2) is 43.0 Å². The highest BCUT2D eigenvalue weighted by atomic mass is 16.4. The van der Waals surface area contributed by atoms with Crippen molar-refractivity contribution >= 4 is 23.1 Å². The number of allylic oxidation sites excluding steroid dienone is 5. The van der Waals surface area contributed by atoms with Gasteiger partial charge in [-0.25, -0.2) is 14.3 Å². The van der Waals surface area contributed by atoms with Crippen LogP contribution >= 0.6 is 0 Å². The van der Waals surface area contributed by atoms with Crippen molar-refractivity contribution in [2.24, 2.45) is 0 Å². The van der Waals surface area contributed by atoms with E-state index < -0.39 is 5.97 Å². The molecule has 0 unspecified atom stereocenters. The predicted molar refractivity (Wildman–Crippen MR) is 92.8 cm³/mol. The smallest absolute Gasteiger partial charge is 0.341 e. The van der Waals surface area contributed by atoms with Crippen LogP contribution in [0.1, 0.15) is 36.3 Å². The fourth-order valence-electron chi connectivity index (χ4n) is 2.85. The average Bonchev–Trinajstić information content (AvgIpc) is 2.88. The summed E-state index contributed by atoms with van der Waals surface area (Å²) in [6, 6.07) is 1.77. The maximum Gasteiger partial charge on any atom is 0.341 e. The zero-order valence-corrected chi connectivity index (χ0v) is 14.0. The van der Waals surface area contributed by atoms with Crippen molar-refractivity contribution in [1.29, 1.82) is 0 Å². The van der Waals surface area contributed by atoms with Gasteiger partial charge in [-0.15, -0.1) is 0 Å². The molecule has 0 bridgehead atoms. The summed E-state index contributed by atoms with van der Waals surface area (Å²) in [7, 11) is 0. The van der Waals surface area contributed by atoms with E-state index in [0.29, 0.717) is 18.7 Å². The molecule has 2 aromatic heterocycles. The van der Waals surface area contributed by atoms with Gasteiger partial charge in [-0.1, -0.05) is 18.2 Å². The lowest BCUT2D eigenvalue weighted by Gasteiger charge is -2.20. The van der Waals surface area contributed by atoms with Gasteiger partial charge >= 0.3 is 5.97 Å². The number of carboxylic acid groups (broad SMARTS) is 1. The van der Waals surface area contributed by atoms with Crippen molar-refractivity contribution in [3.05, 3.63) is 59.7 Å². The second kappa shape index (κ2) is 6.72. The minimum absolute atomic E-state index is 0.0293. The third-order valence-electron chi connectivity index (χ3n) is 4.00. The molecular formula is C18H18N4O3. The van der Waals surface area contributed by atoms with Crippen LogP contribution in [0.15, 0.2) is 48.5 Å². The van der Waals surface area contributed by atoms with Crippen molar-refractivity contribution in [1.82, 2.24) is 19.5 Å². The molecule has 1 aliphatic rings. The van der Waals surface area contributed by atoms with Crippen LogP contribution in [0.5, 0.6) is 0 Å². The molecule has 0 saturated carbocycles. The van der Waals surface area contributed by atoms with Crippen LogP contribution in [0, 0.1) is 0 Å². The van der Waals surface area contributed by atoms with E-state index in [1.807, 2.05) is 31.2 Å². The number of aromatic carboxylic acids is 1. The van der Waals surface area contributed by atoms with Gasteiger partial charge in [0.2, 0.25) is 5.91 Å². The van der Waals surface area contributed by atoms with Gasteiger partial charge in [0.15, 0.2) is 5.65 Å². The molecular weight excluding hydrogens is 320 g/mol. The second-order valence-electron chi connectivity index (χ2n) is 5.56. The lowest BCUT2D eigenvalue weighted by Crippen LogP contribution is -2.27. The Morgan fingerprint density at radius 3 is 2.88 bits per heavy atom. The SMILES string of the molecule is CCN(C(C)=O)C1=CCC=CC(c2ccnc3c(C(=O)O)cnn23)=C1. The van der Waals surface area contributed by atoms with Crippen molar-refractivity contribution in [3.63, 3.8) is 0 Å². The van der Waals surface area contributed by atoms with E-state index in [1.54, 1.807) is 17.2 Å². The number of rotatable bonds is 4. The molecule has 0 fully saturated rings. The quantitative estimate of drug-likeness (QED) is 0.925. The summed E-state index contributed by atoms with van der Waals surface area (Å²) in [5, 5.41) is 13.4. The van der Waals surface area contributed by atoms with Gasteiger partial charge in [0.1, 0.15) is 5.56 Å². The molecule has 1 aliphatic carbocycles. The van der Waals surface area contributed by atoms with Crippen molar-refractivity contribution in [2.45, 2.75) is 20.3 Å². The number of likely N-dealkylation sites (N-methyl/N-ethyl adjacent to an activating group) is 1. The number of hydrogen-bond acceptors (Lipinski definition) is 4. The monoisotopic (exact) mass is 338 g/mol. The Kier molecular flexibility index (Phi) is 4.47. The van der Waals surface area contributed by atoms with E-state index in [0.717, 1.165) is 11.3 Å². The normalized spacial score (nSPS) is 14.0. The summed E-state index contributed by atoms with van der Waals surface area (Å²) in [6.45, 7) is 4.03. The Bertz CT molecular complexity index is 937. The van der Waals surface area contributed by atoms with Crippen LogP contribution in [-0.2, 0) is 4.79 Å². The Morgan fingerprint density at radius 2 is 2.20 bits per heavy atom.